The quantitative estimate of drug-likeness (QED) is 0.631. The van der Waals surface area contributed by atoms with Crippen molar-refractivity contribution in [3.8, 4) is 5.75 Å². The second kappa shape index (κ2) is 6.97. The van der Waals surface area contributed by atoms with Gasteiger partial charge in [0.2, 0.25) is 5.13 Å². The highest BCUT2D eigenvalue weighted by Crippen LogP contribution is 2.42. The molecule has 1 N–H and O–H groups in total. The molecule has 4 rings (SSSR count). The molecule has 128 valence electrons. The normalized spacial score (nSPS) is 13.6. The minimum absolute atomic E-state index is 0.219. The van der Waals surface area contributed by atoms with Gasteiger partial charge in [-0.25, -0.2) is 0 Å². The molecular weight excluding hydrogens is 406 g/mol. The van der Waals surface area contributed by atoms with Gasteiger partial charge in [0.1, 0.15) is 23.1 Å². The predicted molar refractivity (Wildman–Crippen MR) is 97.0 cm³/mol. The number of anilines is 1. The maximum absolute atomic E-state index is 12.2. The number of aromatic nitrogens is 2. The second-order valence-corrected chi connectivity index (χ2v) is 7.61. The van der Waals surface area contributed by atoms with Gasteiger partial charge in [0.05, 0.1) is 0 Å². The van der Waals surface area contributed by atoms with E-state index in [1.165, 1.54) is 11.3 Å². The minimum Gasteiger partial charge on any atom is -0.486 e. The maximum atomic E-state index is 12.2. The smallest absolute Gasteiger partial charge is 0.293 e. The molecule has 0 saturated heterocycles. The summed E-state index contributed by atoms with van der Waals surface area (Å²) in [7, 11) is 0. The van der Waals surface area contributed by atoms with Crippen LogP contribution in [-0.2, 0) is 6.61 Å². The van der Waals surface area contributed by atoms with Crippen LogP contribution in [0.3, 0.4) is 0 Å². The summed E-state index contributed by atoms with van der Waals surface area (Å²) in [5.41, 5.74) is 0. The highest BCUT2D eigenvalue weighted by molar-refractivity contribution is 9.10. The van der Waals surface area contributed by atoms with Gasteiger partial charge >= 0.3 is 0 Å². The number of benzene rings is 1. The number of hydrogen-bond acceptors (Lipinski definition) is 6. The van der Waals surface area contributed by atoms with Crippen molar-refractivity contribution >= 4 is 38.3 Å². The average Bonchev–Trinajstić information content (AvgIpc) is 3.16. The lowest BCUT2D eigenvalue weighted by molar-refractivity contribution is 0.0992. The zero-order valence-electron chi connectivity index (χ0n) is 13.1. The fraction of sp³-hybridized carbons (Fsp3) is 0.235. The molecule has 2 heterocycles. The molecule has 1 aromatic carbocycles. The van der Waals surface area contributed by atoms with Crippen LogP contribution in [-0.4, -0.2) is 16.1 Å². The number of carbonyl (C=O) groups is 1. The number of amides is 1. The molecule has 1 aliphatic rings. The molecule has 0 unspecified atom stereocenters. The predicted octanol–water partition coefficient (Wildman–Crippen LogP) is 4.60. The Hall–Kier alpha value is -2.19. The van der Waals surface area contributed by atoms with E-state index in [1.54, 1.807) is 12.1 Å². The SMILES string of the molecule is O=C(Nc1nnc(C2CC2)s1)c1ccc(COc2cccc(Br)c2)o1. The molecule has 8 heteroatoms. The van der Waals surface area contributed by atoms with Gasteiger partial charge in [-0.15, -0.1) is 10.2 Å². The van der Waals surface area contributed by atoms with E-state index in [9.17, 15) is 4.79 Å². The highest BCUT2D eigenvalue weighted by atomic mass is 79.9. The molecule has 1 fully saturated rings. The summed E-state index contributed by atoms with van der Waals surface area (Å²) in [6.45, 7) is 0.244. The Morgan fingerprint density at radius 2 is 2.20 bits per heavy atom. The van der Waals surface area contributed by atoms with E-state index in [-0.39, 0.29) is 18.3 Å². The van der Waals surface area contributed by atoms with E-state index in [0.717, 1.165) is 28.1 Å². The molecular formula is C17H14BrN3O3S. The standard InChI is InChI=1S/C17H14BrN3O3S/c18-11-2-1-3-12(8-11)23-9-13-6-7-14(24-13)15(22)19-17-21-20-16(25-17)10-4-5-10/h1-3,6-8,10H,4-5,9H2,(H,19,21,22). The first-order valence-corrected chi connectivity index (χ1v) is 9.40. The van der Waals surface area contributed by atoms with Gasteiger partial charge in [-0.05, 0) is 43.2 Å². The lowest BCUT2D eigenvalue weighted by Crippen LogP contribution is -2.10. The van der Waals surface area contributed by atoms with Gasteiger partial charge in [0.15, 0.2) is 5.76 Å². The Balaban J connectivity index is 1.35. The third kappa shape index (κ3) is 4.08. The molecule has 0 bridgehead atoms. The second-order valence-electron chi connectivity index (χ2n) is 5.69. The van der Waals surface area contributed by atoms with Crippen LogP contribution in [0.5, 0.6) is 5.75 Å². The van der Waals surface area contributed by atoms with Crippen LogP contribution in [0.4, 0.5) is 5.13 Å². The first-order valence-electron chi connectivity index (χ1n) is 7.79. The van der Waals surface area contributed by atoms with Crippen LogP contribution < -0.4 is 10.1 Å². The molecule has 0 aliphatic heterocycles. The molecule has 1 amide bonds. The van der Waals surface area contributed by atoms with E-state index in [1.807, 2.05) is 24.3 Å². The molecule has 1 aliphatic carbocycles. The number of ether oxygens (including phenoxy) is 1. The largest absolute Gasteiger partial charge is 0.486 e. The molecule has 3 aromatic rings. The van der Waals surface area contributed by atoms with Crippen molar-refractivity contribution in [3.63, 3.8) is 0 Å². The highest BCUT2D eigenvalue weighted by Gasteiger charge is 2.28. The number of nitrogens with one attached hydrogen (secondary N) is 1. The van der Waals surface area contributed by atoms with E-state index in [0.29, 0.717) is 16.8 Å². The van der Waals surface area contributed by atoms with Crippen molar-refractivity contribution in [1.82, 2.24) is 10.2 Å². The van der Waals surface area contributed by atoms with Gasteiger partial charge in [0.25, 0.3) is 5.91 Å². The molecule has 0 atom stereocenters. The van der Waals surface area contributed by atoms with E-state index < -0.39 is 0 Å². The van der Waals surface area contributed by atoms with Crippen LogP contribution in [0, 0.1) is 0 Å². The van der Waals surface area contributed by atoms with Crippen molar-refractivity contribution in [2.24, 2.45) is 0 Å². The fourth-order valence-corrected chi connectivity index (χ4v) is 3.51. The molecule has 1 saturated carbocycles. The summed E-state index contributed by atoms with van der Waals surface area (Å²) in [6.07, 6.45) is 2.31. The molecule has 6 nitrogen and oxygen atoms in total. The van der Waals surface area contributed by atoms with Gasteiger partial charge in [0, 0.05) is 10.4 Å². The monoisotopic (exact) mass is 419 g/mol. The Labute approximate surface area is 156 Å². The first-order chi connectivity index (χ1) is 12.2. The summed E-state index contributed by atoms with van der Waals surface area (Å²) in [4.78, 5) is 12.2. The number of halogens is 1. The Bertz CT molecular complexity index is 904. The zero-order chi connectivity index (χ0) is 17.2. The summed E-state index contributed by atoms with van der Waals surface area (Å²) < 4.78 is 12.1. The van der Waals surface area contributed by atoms with Crippen LogP contribution in [0.15, 0.2) is 45.3 Å². The lowest BCUT2D eigenvalue weighted by Gasteiger charge is -2.04. The topological polar surface area (TPSA) is 77.2 Å². The van der Waals surface area contributed by atoms with Gasteiger partial charge in [-0.1, -0.05) is 33.3 Å². The third-order valence-corrected chi connectivity index (χ3v) is 5.14. The van der Waals surface area contributed by atoms with Gasteiger partial charge in [-0.2, -0.15) is 0 Å². The molecule has 2 aromatic heterocycles. The van der Waals surface area contributed by atoms with E-state index in [2.05, 4.69) is 31.4 Å². The Kier molecular flexibility index (Phi) is 4.54. The molecule has 0 spiro atoms. The van der Waals surface area contributed by atoms with Crippen molar-refractivity contribution in [1.29, 1.82) is 0 Å². The summed E-state index contributed by atoms with van der Waals surface area (Å²) >= 11 is 4.81. The summed E-state index contributed by atoms with van der Waals surface area (Å²) in [5, 5.41) is 12.3. The lowest BCUT2D eigenvalue weighted by atomic mass is 10.3. The van der Waals surface area contributed by atoms with Crippen molar-refractivity contribution in [3.05, 3.63) is 57.4 Å². The number of rotatable bonds is 6. The van der Waals surface area contributed by atoms with Crippen LogP contribution >= 0.6 is 27.3 Å². The van der Waals surface area contributed by atoms with Crippen molar-refractivity contribution in [2.45, 2.75) is 25.4 Å². The summed E-state index contributed by atoms with van der Waals surface area (Å²) in [6, 6.07) is 10.9. The third-order valence-electron chi connectivity index (χ3n) is 3.65. The minimum atomic E-state index is -0.341. The van der Waals surface area contributed by atoms with E-state index in [4.69, 9.17) is 9.15 Å². The average molecular weight is 420 g/mol. The number of hydrogen-bond donors (Lipinski definition) is 1. The molecule has 25 heavy (non-hydrogen) atoms. The van der Waals surface area contributed by atoms with Crippen LogP contribution in [0.25, 0.3) is 0 Å². The number of carbonyl (C=O) groups excluding carboxylic acids is 1. The first kappa shape index (κ1) is 16.3. The van der Waals surface area contributed by atoms with Crippen molar-refractivity contribution < 1.29 is 13.9 Å². The summed E-state index contributed by atoms with van der Waals surface area (Å²) in [5.74, 6) is 1.69. The van der Waals surface area contributed by atoms with Gasteiger partial charge in [-0.3, -0.25) is 10.1 Å². The van der Waals surface area contributed by atoms with Crippen LogP contribution in [0.1, 0.15) is 40.1 Å². The Morgan fingerprint density at radius 1 is 1.32 bits per heavy atom. The fourth-order valence-electron chi connectivity index (χ4n) is 2.23. The number of nitrogens with zero attached hydrogens (tertiary/aromatic N) is 2. The van der Waals surface area contributed by atoms with Crippen molar-refractivity contribution in [2.75, 3.05) is 5.32 Å². The van der Waals surface area contributed by atoms with Gasteiger partial charge < -0.3 is 9.15 Å². The van der Waals surface area contributed by atoms with E-state index >= 15 is 0 Å². The van der Waals surface area contributed by atoms with Crippen LogP contribution in [0.2, 0.25) is 0 Å². The zero-order valence-corrected chi connectivity index (χ0v) is 15.5. The number of furan rings is 1. The molecule has 0 radical (unpaired) electrons. The Morgan fingerprint density at radius 3 is 3.00 bits per heavy atom. The maximum Gasteiger partial charge on any atom is 0.293 e.